The Hall–Kier alpha value is -1.21. The third-order valence-electron chi connectivity index (χ3n) is 2.84. The molecule has 1 aliphatic rings. The molecule has 1 atom stereocenters. The van der Waals surface area contributed by atoms with Crippen molar-refractivity contribution < 1.29 is 4.79 Å². The number of hydrogen-bond acceptors (Lipinski definition) is 6. The van der Waals surface area contributed by atoms with Crippen LogP contribution in [0.1, 0.15) is 22.6 Å². The Balaban J connectivity index is 2.08. The standard InChI is InChI=1S/C10H17N5OS/c1-14(2)6-7-4-3-5-15(7)9(16)8-12-13-10(11)17-8/h7H,3-6H2,1-2H3,(H2,11,13). The largest absolute Gasteiger partial charge is 0.374 e. The predicted octanol–water partition coefficient (Wildman–Crippen LogP) is 0.287. The number of aromatic nitrogens is 2. The van der Waals surface area contributed by atoms with Crippen LogP contribution in [0.4, 0.5) is 5.13 Å². The third-order valence-corrected chi connectivity index (χ3v) is 3.58. The van der Waals surface area contributed by atoms with Gasteiger partial charge in [-0.2, -0.15) is 0 Å². The molecule has 0 aromatic carbocycles. The number of nitrogens with two attached hydrogens (primary N) is 1. The van der Waals surface area contributed by atoms with Gasteiger partial charge in [-0.15, -0.1) is 10.2 Å². The first-order valence-corrected chi connectivity index (χ1v) is 6.44. The minimum absolute atomic E-state index is 0.0384. The van der Waals surface area contributed by atoms with Crippen LogP contribution in [0, 0.1) is 0 Å². The zero-order valence-corrected chi connectivity index (χ0v) is 10.9. The quantitative estimate of drug-likeness (QED) is 0.840. The molecule has 2 heterocycles. The van der Waals surface area contributed by atoms with Gasteiger partial charge in [-0.3, -0.25) is 4.79 Å². The van der Waals surface area contributed by atoms with E-state index in [4.69, 9.17) is 5.73 Å². The lowest BCUT2D eigenvalue weighted by molar-refractivity contribution is 0.0715. The number of nitrogens with zero attached hydrogens (tertiary/aromatic N) is 4. The smallest absolute Gasteiger partial charge is 0.285 e. The summed E-state index contributed by atoms with van der Waals surface area (Å²) in [6.07, 6.45) is 2.11. The van der Waals surface area contributed by atoms with Gasteiger partial charge in [0.15, 0.2) is 0 Å². The van der Waals surface area contributed by atoms with Crippen molar-refractivity contribution in [2.24, 2.45) is 0 Å². The Morgan fingerprint density at radius 2 is 2.35 bits per heavy atom. The summed E-state index contributed by atoms with van der Waals surface area (Å²) in [5.74, 6) is -0.0384. The van der Waals surface area contributed by atoms with Gasteiger partial charge in [0.2, 0.25) is 10.1 Å². The minimum Gasteiger partial charge on any atom is -0.374 e. The summed E-state index contributed by atoms with van der Waals surface area (Å²) in [6.45, 7) is 1.69. The molecule has 0 radical (unpaired) electrons. The molecule has 0 aliphatic carbocycles. The summed E-state index contributed by atoms with van der Waals surface area (Å²) in [5.41, 5.74) is 5.50. The molecule has 7 heteroatoms. The number of anilines is 1. The van der Waals surface area contributed by atoms with Crippen molar-refractivity contribution in [3.05, 3.63) is 5.01 Å². The molecule has 1 unspecified atom stereocenters. The summed E-state index contributed by atoms with van der Waals surface area (Å²) in [7, 11) is 4.04. The maximum absolute atomic E-state index is 12.2. The molecule has 1 aromatic rings. The lowest BCUT2D eigenvalue weighted by Gasteiger charge is -2.26. The molecule has 0 saturated carbocycles. The van der Waals surface area contributed by atoms with Crippen LogP contribution in [-0.2, 0) is 0 Å². The lowest BCUT2D eigenvalue weighted by Crippen LogP contribution is -2.41. The Morgan fingerprint density at radius 1 is 1.59 bits per heavy atom. The molecule has 0 bridgehead atoms. The monoisotopic (exact) mass is 255 g/mol. The number of carbonyl (C=O) groups is 1. The van der Waals surface area contributed by atoms with Gasteiger partial charge in [0.05, 0.1) is 0 Å². The van der Waals surface area contributed by atoms with Crippen molar-refractivity contribution >= 4 is 22.4 Å². The molecule has 17 heavy (non-hydrogen) atoms. The van der Waals surface area contributed by atoms with E-state index in [-0.39, 0.29) is 11.9 Å². The van der Waals surface area contributed by atoms with Crippen LogP contribution in [0.15, 0.2) is 0 Å². The van der Waals surface area contributed by atoms with Gasteiger partial charge < -0.3 is 15.5 Å². The second kappa shape index (κ2) is 4.97. The topological polar surface area (TPSA) is 75.3 Å². The Morgan fingerprint density at radius 3 is 2.94 bits per heavy atom. The average molecular weight is 255 g/mol. The van der Waals surface area contributed by atoms with Crippen molar-refractivity contribution in [2.45, 2.75) is 18.9 Å². The van der Waals surface area contributed by atoms with Crippen LogP contribution in [0.5, 0.6) is 0 Å². The van der Waals surface area contributed by atoms with E-state index in [2.05, 4.69) is 15.1 Å². The van der Waals surface area contributed by atoms with Crippen LogP contribution >= 0.6 is 11.3 Å². The van der Waals surface area contributed by atoms with Crippen LogP contribution < -0.4 is 5.73 Å². The molecule has 1 aliphatic heterocycles. The molecular weight excluding hydrogens is 238 g/mol. The van der Waals surface area contributed by atoms with E-state index in [0.29, 0.717) is 10.1 Å². The molecule has 2 N–H and O–H groups in total. The van der Waals surface area contributed by atoms with Crippen LogP contribution in [0.3, 0.4) is 0 Å². The predicted molar refractivity (Wildman–Crippen MR) is 66.9 cm³/mol. The number of nitrogen functional groups attached to an aromatic ring is 1. The minimum atomic E-state index is -0.0384. The highest BCUT2D eigenvalue weighted by atomic mass is 32.1. The van der Waals surface area contributed by atoms with E-state index in [1.807, 2.05) is 19.0 Å². The molecule has 1 aromatic heterocycles. The van der Waals surface area contributed by atoms with Crippen molar-refractivity contribution in [3.8, 4) is 0 Å². The first-order chi connectivity index (χ1) is 8.08. The molecule has 6 nitrogen and oxygen atoms in total. The second-order valence-corrected chi connectivity index (χ2v) is 5.51. The van der Waals surface area contributed by atoms with E-state index in [1.54, 1.807) is 0 Å². The second-order valence-electron chi connectivity index (χ2n) is 4.50. The van der Waals surface area contributed by atoms with E-state index in [0.717, 1.165) is 37.3 Å². The summed E-state index contributed by atoms with van der Waals surface area (Å²) >= 11 is 1.15. The highest BCUT2D eigenvalue weighted by Crippen LogP contribution is 2.22. The average Bonchev–Trinajstić information content (AvgIpc) is 2.85. The molecular formula is C10H17N5OS. The third kappa shape index (κ3) is 2.73. The fourth-order valence-corrected chi connectivity index (χ4v) is 2.72. The fraction of sp³-hybridized carbons (Fsp3) is 0.700. The number of likely N-dealkylation sites (N-methyl/N-ethyl adjacent to an activating group) is 1. The molecule has 2 rings (SSSR count). The van der Waals surface area contributed by atoms with Crippen molar-refractivity contribution in [3.63, 3.8) is 0 Å². The highest BCUT2D eigenvalue weighted by molar-refractivity contribution is 7.16. The van der Waals surface area contributed by atoms with Crippen LogP contribution in [0.25, 0.3) is 0 Å². The number of likely N-dealkylation sites (tertiary alicyclic amines) is 1. The van der Waals surface area contributed by atoms with E-state index < -0.39 is 0 Å². The molecule has 1 saturated heterocycles. The fourth-order valence-electron chi connectivity index (χ4n) is 2.16. The van der Waals surface area contributed by atoms with Gasteiger partial charge in [0, 0.05) is 19.1 Å². The van der Waals surface area contributed by atoms with Crippen molar-refractivity contribution in [1.82, 2.24) is 20.0 Å². The normalized spacial score (nSPS) is 20.2. The van der Waals surface area contributed by atoms with Crippen LogP contribution in [0.2, 0.25) is 0 Å². The van der Waals surface area contributed by atoms with Crippen molar-refractivity contribution in [1.29, 1.82) is 0 Å². The van der Waals surface area contributed by atoms with Gasteiger partial charge in [0.25, 0.3) is 5.91 Å². The number of amides is 1. The van der Waals surface area contributed by atoms with Gasteiger partial charge in [-0.05, 0) is 26.9 Å². The maximum atomic E-state index is 12.2. The summed E-state index contributed by atoms with van der Waals surface area (Å²) in [5, 5.41) is 8.24. The summed E-state index contributed by atoms with van der Waals surface area (Å²) in [6, 6.07) is 0.280. The Bertz CT molecular complexity index is 405. The molecule has 0 spiro atoms. The molecule has 1 fully saturated rings. The first kappa shape index (κ1) is 12.3. The zero-order chi connectivity index (χ0) is 12.4. The summed E-state index contributed by atoms with van der Waals surface area (Å²) in [4.78, 5) is 16.2. The Labute approximate surface area is 104 Å². The van der Waals surface area contributed by atoms with E-state index >= 15 is 0 Å². The number of carbonyl (C=O) groups excluding carboxylic acids is 1. The zero-order valence-electron chi connectivity index (χ0n) is 10.1. The van der Waals surface area contributed by atoms with Crippen molar-refractivity contribution in [2.75, 3.05) is 32.9 Å². The van der Waals surface area contributed by atoms with Crippen LogP contribution in [-0.4, -0.2) is 59.1 Å². The van der Waals surface area contributed by atoms with Gasteiger partial charge in [-0.1, -0.05) is 11.3 Å². The first-order valence-electron chi connectivity index (χ1n) is 5.62. The maximum Gasteiger partial charge on any atom is 0.285 e. The van der Waals surface area contributed by atoms with E-state index in [1.165, 1.54) is 0 Å². The number of hydrogen-bond donors (Lipinski definition) is 1. The molecule has 94 valence electrons. The van der Waals surface area contributed by atoms with Gasteiger partial charge in [0.1, 0.15) is 0 Å². The summed E-state index contributed by atoms with van der Waals surface area (Å²) < 4.78 is 0. The number of rotatable bonds is 3. The molecule has 1 amide bonds. The lowest BCUT2D eigenvalue weighted by atomic mass is 10.2. The van der Waals surface area contributed by atoms with Gasteiger partial charge in [-0.25, -0.2) is 0 Å². The van der Waals surface area contributed by atoms with E-state index in [9.17, 15) is 4.79 Å². The highest BCUT2D eigenvalue weighted by Gasteiger charge is 2.31. The SMILES string of the molecule is CN(C)CC1CCCN1C(=O)c1nnc(N)s1. The van der Waals surface area contributed by atoms with Gasteiger partial charge >= 0.3 is 0 Å². The Kier molecular flexibility index (Phi) is 3.58.